The van der Waals surface area contributed by atoms with Gasteiger partial charge in [-0.05, 0) is 25.7 Å². The van der Waals surface area contributed by atoms with Crippen LogP contribution in [0.4, 0.5) is 0 Å². The average Bonchev–Trinajstić information content (AvgIpc) is 2.22. The minimum absolute atomic E-state index is 0.574. The van der Waals surface area contributed by atoms with Crippen LogP contribution in [0.1, 0.15) is 25.7 Å². The molecular weight excluding hydrogens is 176 g/mol. The van der Waals surface area contributed by atoms with Gasteiger partial charge in [0.2, 0.25) is 0 Å². The van der Waals surface area contributed by atoms with Crippen molar-refractivity contribution in [2.45, 2.75) is 37.9 Å². The molecule has 2 nitrogen and oxygen atoms in total. The molecule has 0 heterocycles. The van der Waals surface area contributed by atoms with Crippen molar-refractivity contribution < 1.29 is 10.2 Å². The van der Waals surface area contributed by atoms with Crippen LogP contribution in [0.3, 0.4) is 0 Å². The highest BCUT2D eigenvalue weighted by Crippen LogP contribution is 2.00. The number of allylic oxidation sites excluding steroid dienone is 2. The Kier molecular flexibility index (Phi) is 7.65. The molecule has 0 fully saturated rings. The molecule has 0 rings (SSSR count). The summed E-state index contributed by atoms with van der Waals surface area (Å²) in [6.45, 7) is 0. The van der Waals surface area contributed by atoms with Crippen molar-refractivity contribution in [1.29, 1.82) is 0 Å². The van der Waals surface area contributed by atoms with Gasteiger partial charge >= 0.3 is 0 Å². The van der Waals surface area contributed by atoms with Crippen LogP contribution in [-0.2, 0) is 0 Å². The van der Waals surface area contributed by atoms with Crippen molar-refractivity contribution in [3.8, 4) is 24.7 Å². The number of aliphatic hydroxyl groups excluding tert-OH is 2. The third kappa shape index (κ3) is 7.43. The SMILES string of the molecule is C#C[C@@H](O)CC/C=C\CC[C@H](O)C#C. The Morgan fingerprint density at radius 1 is 0.929 bits per heavy atom. The van der Waals surface area contributed by atoms with Crippen LogP contribution < -0.4 is 0 Å². The molecule has 0 amide bonds. The van der Waals surface area contributed by atoms with Crippen LogP contribution in [0, 0.1) is 24.7 Å². The fourth-order valence-electron chi connectivity index (χ4n) is 0.911. The molecule has 0 saturated carbocycles. The first kappa shape index (κ1) is 12.8. The Bertz CT molecular complexity index is 216. The molecule has 2 N–H and O–H groups in total. The first-order valence-corrected chi connectivity index (χ1v) is 4.64. The zero-order valence-electron chi connectivity index (χ0n) is 8.19. The topological polar surface area (TPSA) is 40.5 Å². The lowest BCUT2D eigenvalue weighted by molar-refractivity contribution is 0.222. The van der Waals surface area contributed by atoms with Gasteiger partial charge in [-0.15, -0.1) is 12.8 Å². The van der Waals surface area contributed by atoms with Crippen LogP contribution in [-0.4, -0.2) is 22.4 Å². The number of terminal acetylenes is 2. The standard InChI is InChI=1S/C12H16O2/c1-3-11(13)9-7-5-6-8-10-12(14)4-2/h1-2,5-6,11-14H,7-10H2/b6-5-/t11-,12-/m1/s1. The zero-order valence-corrected chi connectivity index (χ0v) is 8.19. The van der Waals surface area contributed by atoms with Crippen molar-refractivity contribution in [2.75, 3.05) is 0 Å². The summed E-state index contributed by atoms with van der Waals surface area (Å²) >= 11 is 0. The molecule has 0 aliphatic rings. The molecule has 0 spiro atoms. The van der Waals surface area contributed by atoms with Crippen molar-refractivity contribution >= 4 is 0 Å². The smallest absolute Gasteiger partial charge is 0.114 e. The third-order valence-corrected chi connectivity index (χ3v) is 1.76. The molecule has 2 atom stereocenters. The van der Waals surface area contributed by atoms with Gasteiger partial charge in [0.05, 0.1) is 0 Å². The predicted octanol–water partition coefficient (Wildman–Crippen LogP) is 1.09. The Morgan fingerprint density at radius 3 is 1.57 bits per heavy atom. The van der Waals surface area contributed by atoms with E-state index >= 15 is 0 Å². The van der Waals surface area contributed by atoms with Gasteiger partial charge in [0.1, 0.15) is 12.2 Å². The highest BCUT2D eigenvalue weighted by atomic mass is 16.3. The van der Waals surface area contributed by atoms with Crippen LogP contribution in [0.2, 0.25) is 0 Å². The molecule has 14 heavy (non-hydrogen) atoms. The molecule has 0 aliphatic heterocycles. The first-order valence-electron chi connectivity index (χ1n) is 4.64. The maximum absolute atomic E-state index is 9.00. The molecule has 0 saturated heterocycles. The van der Waals surface area contributed by atoms with Crippen LogP contribution in [0.5, 0.6) is 0 Å². The van der Waals surface area contributed by atoms with Gasteiger partial charge in [-0.25, -0.2) is 0 Å². The summed E-state index contributed by atoms with van der Waals surface area (Å²) in [6, 6.07) is 0. The highest BCUT2D eigenvalue weighted by Gasteiger charge is 1.96. The van der Waals surface area contributed by atoms with Gasteiger partial charge in [-0.3, -0.25) is 0 Å². The molecule has 0 aromatic heterocycles. The fraction of sp³-hybridized carbons (Fsp3) is 0.500. The van der Waals surface area contributed by atoms with Crippen LogP contribution in [0.15, 0.2) is 12.2 Å². The predicted molar refractivity (Wildman–Crippen MR) is 57.3 cm³/mol. The van der Waals surface area contributed by atoms with Gasteiger partial charge in [0.25, 0.3) is 0 Å². The van der Waals surface area contributed by atoms with Gasteiger partial charge in [0.15, 0.2) is 0 Å². The summed E-state index contributed by atoms with van der Waals surface area (Å²) in [6.07, 6.45) is 15.2. The lowest BCUT2D eigenvalue weighted by Crippen LogP contribution is -2.01. The summed E-state index contributed by atoms with van der Waals surface area (Å²) in [5, 5.41) is 18.0. The van der Waals surface area contributed by atoms with Crippen molar-refractivity contribution in [1.82, 2.24) is 0 Å². The fourth-order valence-corrected chi connectivity index (χ4v) is 0.911. The Balaban J connectivity index is 3.39. The van der Waals surface area contributed by atoms with Gasteiger partial charge < -0.3 is 10.2 Å². The van der Waals surface area contributed by atoms with E-state index in [0.717, 1.165) is 12.8 Å². The number of aliphatic hydroxyl groups is 2. The normalized spacial score (nSPS) is 14.6. The van der Waals surface area contributed by atoms with Crippen molar-refractivity contribution in [3.63, 3.8) is 0 Å². The largest absolute Gasteiger partial charge is 0.380 e. The van der Waals surface area contributed by atoms with E-state index in [2.05, 4.69) is 11.8 Å². The van der Waals surface area contributed by atoms with E-state index in [0.29, 0.717) is 12.8 Å². The summed E-state index contributed by atoms with van der Waals surface area (Å²) < 4.78 is 0. The summed E-state index contributed by atoms with van der Waals surface area (Å²) in [5.74, 6) is 4.48. The summed E-state index contributed by atoms with van der Waals surface area (Å²) in [5.41, 5.74) is 0. The maximum atomic E-state index is 9.00. The van der Waals surface area contributed by atoms with Gasteiger partial charge in [-0.2, -0.15) is 0 Å². The molecule has 0 aliphatic carbocycles. The van der Waals surface area contributed by atoms with E-state index in [1.54, 1.807) is 0 Å². The second-order valence-electron chi connectivity index (χ2n) is 2.99. The molecule has 0 aromatic carbocycles. The van der Waals surface area contributed by atoms with E-state index < -0.39 is 12.2 Å². The first-order chi connectivity index (χ1) is 6.70. The molecular formula is C12H16O2. The zero-order chi connectivity index (χ0) is 10.8. The number of rotatable bonds is 6. The molecule has 0 radical (unpaired) electrons. The average molecular weight is 192 g/mol. The van der Waals surface area contributed by atoms with E-state index in [4.69, 9.17) is 23.1 Å². The molecule has 0 unspecified atom stereocenters. The second-order valence-corrected chi connectivity index (χ2v) is 2.99. The summed E-state index contributed by atoms with van der Waals surface area (Å²) in [7, 11) is 0. The Morgan fingerprint density at radius 2 is 1.29 bits per heavy atom. The maximum Gasteiger partial charge on any atom is 0.114 e. The monoisotopic (exact) mass is 192 g/mol. The van der Waals surface area contributed by atoms with Crippen LogP contribution >= 0.6 is 0 Å². The number of hydrogen-bond donors (Lipinski definition) is 2. The second kappa shape index (κ2) is 8.38. The summed E-state index contributed by atoms with van der Waals surface area (Å²) in [4.78, 5) is 0. The minimum Gasteiger partial charge on any atom is -0.380 e. The lowest BCUT2D eigenvalue weighted by Gasteiger charge is -1.99. The lowest BCUT2D eigenvalue weighted by atomic mass is 10.1. The molecule has 0 aromatic rings. The van der Waals surface area contributed by atoms with Crippen molar-refractivity contribution in [2.24, 2.45) is 0 Å². The Hall–Kier alpha value is -1.22. The molecule has 2 heteroatoms. The quantitative estimate of drug-likeness (QED) is 0.488. The van der Waals surface area contributed by atoms with Crippen molar-refractivity contribution in [3.05, 3.63) is 12.2 Å². The molecule has 76 valence electrons. The van der Waals surface area contributed by atoms with E-state index in [1.165, 1.54) is 0 Å². The van der Waals surface area contributed by atoms with E-state index in [-0.39, 0.29) is 0 Å². The molecule has 0 bridgehead atoms. The van der Waals surface area contributed by atoms with E-state index in [1.807, 2.05) is 12.2 Å². The number of hydrogen-bond acceptors (Lipinski definition) is 2. The van der Waals surface area contributed by atoms with Gasteiger partial charge in [-0.1, -0.05) is 24.0 Å². The van der Waals surface area contributed by atoms with Crippen LogP contribution in [0.25, 0.3) is 0 Å². The highest BCUT2D eigenvalue weighted by molar-refractivity contribution is 4.96. The minimum atomic E-state index is -0.657. The van der Waals surface area contributed by atoms with Gasteiger partial charge in [0, 0.05) is 0 Å². The third-order valence-electron chi connectivity index (χ3n) is 1.76. The Labute approximate surface area is 85.7 Å². The van der Waals surface area contributed by atoms with E-state index in [9.17, 15) is 0 Å².